The number of methoxy groups -OCH3 is 2. The second-order valence-electron chi connectivity index (χ2n) is 7.32. The normalized spacial score (nSPS) is 11.7. The number of hydrogen-bond donors (Lipinski definition) is 1. The lowest BCUT2D eigenvalue weighted by Crippen LogP contribution is -2.17. The molecule has 4 rings (SSSR count). The van der Waals surface area contributed by atoms with E-state index in [-0.39, 0.29) is 6.10 Å². The number of benzene rings is 2. The van der Waals surface area contributed by atoms with Gasteiger partial charge < -0.3 is 23.9 Å². The molecule has 8 heteroatoms. The molecular weight excluding hydrogens is 440 g/mol. The van der Waals surface area contributed by atoms with E-state index in [1.807, 2.05) is 42.6 Å². The van der Waals surface area contributed by atoms with Gasteiger partial charge in [0.05, 0.1) is 25.0 Å². The van der Waals surface area contributed by atoms with E-state index in [1.165, 1.54) is 7.11 Å². The van der Waals surface area contributed by atoms with Crippen LogP contribution in [0.15, 0.2) is 66.2 Å². The average Bonchev–Trinajstić information content (AvgIpc) is 3.51. The largest absolute Gasteiger partial charge is 0.488 e. The standard InChI is InChI=1S/C25H24N2O5S/c1-16(15-29-2)31-20-12-18(22-8-9-23(27-22)24-26-10-11-33-24)13-21(14-20)32-19-6-4-17(5-7-19)25(28)30-3/h4-14,16,27H,15H2,1-3H3/t16-/m0/s1. The zero-order chi connectivity index (χ0) is 23.2. The van der Waals surface area contributed by atoms with Crippen molar-refractivity contribution in [3.05, 3.63) is 71.7 Å². The Hall–Kier alpha value is -3.62. The summed E-state index contributed by atoms with van der Waals surface area (Å²) in [6.07, 6.45) is 1.65. The molecule has 0 spiro atoms. The van der Waals surface area contributed by atoms with Crippen LogP contribution in [-0.4, -0.2) is 42.9 Å². The van der Waals surface area contributed by atoms with Gasteiger partial charge in [0, 0.05) is 36.0 Å². The van der Waals surface area contributed by atoms with E-state index in [2.05, 4.69) is 9.97 Å². The van der Waals surface area contributed by atoms with Crippen LogP contribution in [0.5, 0.6) is 17.2 Å². The van der Waals surface area contributed by atoms with Gasteiger partial charge in [-0.25, -0.2) is 9.78 Å². The summed E-state index contributed by atoms with van der Waals surface area (Å²) in [6, 6.07) is 16.5. The average molecular weight is 465 g/mol. The minimum absolute atomic E-state index is 0.132. The number of carbonyl (C=O) groups excluding carboxylic acids is 1. The highest BCUT2D eigenvalue weighted by atomic mass is 32.1. The van der Waals surface area contributed by atoms with Crippen LogP contribution in [0.3, 0.4) is 0 Å². The number of esters is 1. The van der Waals surface area contributed by atoms with Crippen molar-refractivity contribution < 1.29 is 23.7 Å². The molecule has 0 radical (unpaired) electrons. The van der Waals surface area contributed by atoms with Crippen molar-refractivity contribution in [3.63, 3.8) is 0 Å². The topological polar surface area (TPSA) is 82.7 Å². The van der Waals surface area contributed by atoms with Crippen molar-refractivity contribution >= 4 is 17.3 Å². The van der Waals surface area contributed by atoms with Crippen molar-refractivity contribution in [2.24, 2.45) is 0 Å². The summed E-state index contributed by atoms with van der Waals surface area (Å²) in [6.45, 7) is 2.41. The van der Waals surface area contributed by atoms with Crippen LogP contribution in [-0.2, 0) is 9.47 Å². The summed E-state index contributed by atoms with van der Waals surface area (Å²) in [7, 11) is 2.99. The van der Waals surface area contributed by atoms with Crippen LogP contribution in [0.2, 0.25) is 0 Å². The van der Waals surface area contributed by atoms with Crippen LogP contribution in [0, 0.1) is 0 Å². The maximum atomic E-state index is 11.7. The van der Waals surface area contributed by atoms with Gasteiger partial charge >= 0.3 is 5.97 Å². The molecule has 0 aliphatic heterocycles. The molecule has 4 aromatic rings. The fourth-order valence-corrected chi connectivity index (χ4v) is 3.93. The monoisotopic (exact) mass is 464 g/mol. The summed E-state index contributed by atoms with van der Waals surface area (Å²) in [5, 5.41) is 2.86. The van der Waals surface area contributed by atoms with Crippen molar-refractivity contribution in [2.75, 3.05) is 20.8 Å². The molecule has 0 unspecified atom stereocenters. The van der Waals surface area contributed by atoms with Gasteiger partial charge in [0.1, 0.15) is 28.4 Å². The predicted molar refractivity (Wildman–Crippen MR) is 127 cm³/mol. The summed E-state index contributed by atoms with van der Waals surface area (Å²) in [4.78, 5) is 19.5. The van der Waals surface area contributed by atoms with Crippen molar-refractivity contribution in [1.82, 2.24) is 9.97 Å². The van der Waals surface area contributed by atoms with E-state index < -0.39 is 5.97 Å². The Balaban J connectivity index is 1.64. The molecule has 7 nitrogen and oxygen atoms in total. The van der Waals surface area contributed by atoms with Crippen LogP contribution in [0.4, 0.5) is 0 Å². The third-order valence-corrected chi connectivity index (χ3v) is 5.60. The van der Waals surface area contributed by atoms with E-state index in [1.54, 1.807) is 48.9 Å². The predicted octanol–water partition coefficient (Wildman–Crippen LogP) is 5.80. The van der Waals surface area contributed by atoms with Crippen LogP contribution in [0.25, 0.3) is 22.0 Å². The highest BCUT2D eigenvalue weighted by Gasteiger charge is 2.12. The highest BCUT2D eigenvalue weighted by Crippen LogP contribution is 2.34. The minimum atomic E-state index is -0.394. The number of aromatic nitrogens is 2. The minimum Gasteiger partial charge on any atom is -0.488 e. The molecule has 2 heterocycles. The molecule has 0 aliphatic carbocycles. The van der Waals surface area contributed by atoms with Crippen molar-refractivity contribution in [2.45, 2.75) is 13.0 Å². The Morgan fingerprint density at radius 2 is 1.76 bits per heavy atom. The SMILES string of the molecule is COC[C@H](C)Oc1cc(Oc2ccc(C(=O)OC)cc2)cc(-c2ccc(-c3nccs3)[nH]2)c1. The molecule has 2 aromatic heterocycles. The third kappa shape index (κ3) is 5.60. The van der Waals surface area contributed by atoms with E-state index in [9.17, 15) is 4.79 Å². The molecule has 0 amide bonds. The molecule has 0 aliphatic rings. The van der Waals surface area contributed by atoms with Gasteiger partial charge in [0.2, 0.25) is 0 Å². The first-order valence-corrected chi connectivity index (χ1v) is 11.2. The molecule has 1 atom stereocenters. The molecule has 33 heavy (non-hydrogen) atoms. The maximum absolute atomic E-state index is 11.7. The molecule has 0 saturated heterocycles. The van der Waals surface area contributed by atoms with Gasteiger partial charge in [-0.1, -0.05) is 0 Å². The first-order valence-electron chi connectivity index (χ1n) is 10.3. The second kappa shape index (κ2) is 10.3. The van der Waals surface area contributed by atoms with Gasteiger partial charge in [0.15, 0.2) is 0 Å². The number of thiazole rings is 1. The molecule has 0 bridgehead atoms. The Bertz CT molecular complexity index is 1200. The summed E-state index contributed by atoms with van der Waals surface area (Å²) in [5.41, 5.74) is 3.22. The molecule has 0 fully saturated rings. The van der Waals surface area contributed by atoms with Gasteiger partial charge in [-0.05, 0) is 55.5 Å². The number of hydrogen-bond acceptors (Lipinski definition) is 7. The van der Waals surface area contributed by atoms with E-state index >= 15 is 0 Å². The molecule has 2 aromatic carbocycles. The number of ether oxygens (including phenoxy) is 4. The molecule has 0 saturated carbocycles. The van der Waals surface area contributed by atoms with Gasteiger partial charge in [-0.2, -0.15) is 0 Å². The van der Waals surface area contributed by atoms with Gasteiger partial charge in [-0.3, -0.25) is 0 Å². The first kappa shape index (κ1) is 22.6. The van der Waals surface area contributed by atoms with Crippen LogP contribution < -0.4 is 9.47 Å². The Labute approximate surface area is 195 Å². The van der Waals surface area contributed by atoms with Gasteiger partial charge in [-0.15, -0.1) is 11.3 Å². The van der Waals surface area contributed by atoms with Gasteiger partial charge in [0.25, 0.3) is 0 Å². The van der Waals surface area contributed by atoms with E-state index in [0.29, 0.717) is 29.4 Å². The summed E-state index contributed by atoms with van der Waals surface area (Å²) >= 11 is 1.57. The highest BCUT2D eigenvalue weighted by molar-refractivity contribution is 7.13. The molecular formula is C25H24N2O5S. The van der Waals surface area contributed by atoms with Crippen LogP contribution >= 0.6 is 11.3 Å². The molecule has 1 N–H and O–H groups in total. The van der Waals surface area contributed by atoms with E-state index in [0.717, 1.165) is 22.0 Å². The maximum Gasteiger partial charge on any atom is 0.337 e. The zero-order valence-electron chi connectivity index (χ0n) is 18.5. The first-order chi connectivity index (χ1) is 16.1. The number of nitrogens with zero attached hydrogens (tertiary/aromatic N) is 1. The van der Waals surface area contributed by atoms with Crippen LogP contribution in [0.1, 0.15) is 17.3 Å². The number of rotatable bonds is 9. The van der Waals surface area contributed by atoms with Crippen molar-refractivity contribution in [1.29, 1.82) is 0 Å². The lowest BCUT2D eigenvalue weighted by Gasteiger charge is -2.16. The summed E-state index contributed by atoms with van der Waals surface area (Å²) in [5.74, 6) is 1.45. The number of H-pyrrole nitrogens is 1. The Morgan fingerprint density at radius 1 is 1.00 bits per heavy atom. The fraction of sp³-hybridized carbons (Fsp3) is 0.200. The summed E-state index contributed by atoms with van der Waals surface area (Å²) < 4.78 is 22.1. The molecule has 170 valence electrons. The van der Waals surface area contributed by atoms with E-state index in [4.69, 9.17) is 18.9 Å². The smallest absolute Gasteiger partial charge is 0.337 e. The second-order valence-corrected chi connectivity index (χ2v) is 8.21. The number of carbonyl (C=O) groups is 1. The third-order valence-electron chi connectivity index (χ3n) is 4.79. The Kier molecular flexibility index (Phi) is 7.07. The lowest BCUT2D eigenvalue weighted by atomic mass is 10.1. The quantitative estimate of drug-likeness (QED) is 0.315. The lowest BCUT2D eigenvalue weighted by molar-refractivity contribution is 0.0600. The fourth-order valence-electron chi connectivity index (χ4n) is 3.31. The Morgan fingerprint density at radius 3 is 2.45 bits per heavy atom. The number of nitrogens with one attached hydrogen (secondary N) is 1. The zero-order valence-corrected chi connectivity index (χ0v) is 19.3. The number of aromatic amines is 1. The van der Waals surface area contributed by atoms with Crippen molar-refractivity contribution in [3.8, 4) is 39.2 Å².